The summed E-state index contributed by atoms with van der Waals surface area (Å²) < 4.78 is 0. The fourth-order valence-electron chi connectivity index (χ4n) is 2.18. The van der Waals surface area contributed by atoms with Gasteiger partial charge < -0.3 is 10.3 Å². The second kappa shape index (κ2) is 6.39. The summed E-state index contributed by atoms with van der Waals surface area (Å²) in [6, 6.07) is 9.67. The third-order valence-corrected chi connectivity index (χ3v) is 3.53. The molecule has 1 aromatic heterocycles. The molecule has 2 aromatic rings. The fraction of sp³-hybridized carbons (Fsp3) is 0.294. The SMILES string of the molecule is CC[C@H](NC(=O)c1cc(C(C)=O)c[nH]1)c1ccc(C)cc1. The number of aryl methyl sites for hydroxylation is 1. The monoisotopic (exact) mass is 284 g/mol. The van der Waals surface area contributed by atoms with Crippen molar-refractivity contribution in [2.24, 2.45) is 0 Å². The lowest BCUT2D eigenvalue weighted by molar-refractivity contribution is 0.0931. The minimum Gasteiger partial charge on any atom is -0.356 e. The van der Waals surface area contributed by atoms with Crippen LogP contribution in [0.3, 0.4) is 0 Å². The summed E-state index contributed by atoms with van der Waals surface area (Å²) in [6.45, 7) is 5.54. The Labute approximate surface area is 124 Å². The quantitative estimate of drug-likeness (QED) is 0.826. The number of rotatable bonds is 5. The second-order valence-corrected chi connectivity index (χ2v) is 5.20. The van der Waals surface area contributed by atoms with Gasteiger partial charge in [0.25, 0.3) is 5.91 Å². The lowest BCUT2D eigenvalue weighted by Gasteiger charge is -2.17. The van der Waals surface area contributed by atoms with E-state index in [0.29, 0.717) is 11.3 Å². The maximum atomic E-state index is 12.2. The molecule has 0 radical (unpaired) electrons. The molecule has 0 aliphatic rings. The van der Waals surface area contributed by atoms with Crippen LogP contribution < -0.4 is 5.32 Å². The van der Waals surface area contributed by atoms with Crippen LogP contribution in [0.15, 0.2) is 36.5 Å². The Balaban J connectivity index is 2.12. The molecule has 2 N–H and O–H groups in total. The summed E-state index contributed by atoms with van der Waals surface area (Å²) in [6.07, 6.45) is 2.36. The maximum absolute atomic E-state index is 12.2. The molecule has 4 nitrogen and oxygen atoms in total. The molecule has 1 aromatic carbocycles. The minimum absolute atomic E-state index is 0.0396. The molecule has 21 heavy (non-hydrogen) atoms. The van der Waals surface area contributed by atoms with Crippen LogP contribution in [0.1, 0.15) is 58.3 Å². The first-order chi connectivity index (χ1) is 10.0. The van der Waals surface area contributed by atoms with E-state index in [1.165, 1.54) is 12.5 Å². The zero-order chi connectivity index (χ0) is 15.4. The Morgan fingerprint density at radius 3 is 2.43 bits per heavy atom. The lowest BCUT2D eigenvalue weighted by atomic mass is 10.0. The predicted octanol–water partition coefficient (Wildman–Crippen LogP) is 3.41. The highest BCUT2D eigenvalue weighted by molar-refractivity contribution is 5.99. The standard InChI is InChI=1S/C17H20N2O2/c1-4-15(13-7-5-11(2)6-8-13)19-17(21)16-9-14(10-18-16)12(3)20/h5-10,15,18H,4H2,1-3H3,(H,19,21)/t15-/m0/s1. The number of aromatic nitrogens is 1. The van der Waals surface area contributed by atoms with Gasteiger partial charge in [-0.05, 0) is 31.9 Å². The molecule has 1 amide bonds. The molecule has 0 saturated carbocycles. The molecule has 2 rings (SSSR count). The van der Waals surface area contributed by atoms with Crippen molar-refractivity contribution in [3.63, 3.8) is 0 Å². The molecule has 1 atom stereocenters. The van der Waals surface area contributed by atoms with Gasteiger partial charge in [0, 0.05) is 11.8 Å². The lowest BCUT2D eigenvalue weighted by Crippen LogP contribution is -2.28. The van der Waals surface area contributed by atoms with E-state index in [1.54, 1.807) is 12.3 Å². The van der Waals surface area contributed by atoms with Crippen LogP contribution in [0.25, 0.3) is 0 Å². The van der Waals surface area contributed by atoms with Crippen LogP contribution in [0.4, 0.5) is 0 Å². The Hall–Kier alpha value is -2.36. The second-order valence-electron chi connectivity index (χ2n) is 5.20. The van der Waals surface area contributed by atoms with Crippen molar-refractivity contribution in [1.82, 2.24) is 10.3 Å². The van der Waals surface area contributed by atoms with E-state index >= 15 is 0 Å². The van der Waals surface area contributed by atoms with E-state index in [4.69, 9.17) is 0 Å². The third kappa shape index (κ3) is 3.60. The number of hydrogen-bond acceptors (Lipinski definition) is 2. The summed E-state index contributed by atoms with van der Waals surface area (Å²) in [5.74, 6) is -0.259. The maximum Gasteiger partial charge on any atom is 0.268 e. The zero-order valence-corrected chi connectivity index (χ0v) is 12.6. The van der Waals surface area contributed by atoms with Crippen LogP contribution in [-0.2, 0) is 0 Å². The van der Waals surface area contributed by atoms with Crippen molar-refractivity contribution in [2.75, 3.05) is 0 Å². The molecule has 0 aliphatic carbocycles. The van der Waals surface area contributed by atoms with Crippen LogP contribution in [-0.4, -0.2) is 16.7 Å². The van der Waals surface area contributed by atoms with E-state index in [2.05, 4.69) is 10.3 Å². The van der Waals surface area contributed by atoms with Gasteiger partial charge in [-0.2, -0.15) is 0 Å². The summed E-state index contributed by atoms with van der Waals surface area (Å²) in [5.41, 5.74) is 3.19. The number of nitrogens with one attached hydrogen (secondary N) is 2. The average molecular weight is 284 g/mol. The molecule has 1 heterocycles. The van der Waals surface area contributed by atoms with Crippen molar-refractivity contribution < 1.29 is 9.59 Å². The summed E-state index contributed by atoms with van der Waals surface area (Å²) in [7, 11) is 0. The van der Waals surface area contributed by atoms with E-state index in [0.717, 1.165) is 12.0 Å². The van der Waals surface area contributed by atoms with Crippen LogP contribution in [0.2, 0.25) is 0 Å². The molecular weight excluding hydrogens is 264 g/mol. The zero-order valence-electron chi connectivity index (χ0n) is 12.6. The van der Waals surface area contributed by atoms with Crippen LogP contribution in [0, 0.1) is 6.92 Å². The van der Waals surface area contributed by atoms with Gasteiger partial charge >= 0.3 is 0 Å². The number of amides is 1. The van der Waals surface area contributed by atoms with Crippen molar-refractivity contribution >= 4 is 11.7 Å². The molecule has 0 unspecified atom stereocenters. The van der Waals surface area contributed by atoms with Gasteiger partial charge in [0.05, 0.1) is 6.04 Å². The number of Topliss-reactive ketones (excluding diaryl/α,β-unsaturated/α-hetero) is 1. The Morgan fingerprint density at radius 2 is 1.90 bits per heavy atom. The van der Waals surface area contributed by atoms with Gasteiger partial charge in [0.1, 0.15) is 5.69 Å². The predicted molar refractivity (Wildman–Crippen MR) is 82.5 cm³/mol. The number of hydrogen-bond donors (Lipinski definition) is 2. The van der Waals surface area contributed by atoms with Crippen molar-refractivity contribution in [1.29, 1.82) is 0 Å². The number of benzene rings is 1. The summed E-state index contributed by atoms with van der Waals surface area (Å²) in [4.78, 5) is 26.3. The fourth-order valence-corrected chi connectivity index (χ4v) is 2.18. The molecule has 0 saturated heterocycles. The van der Waals surface area contributed by atoms with Gasteiger partial charge in [0.15, 0.2) is 5.78 Å². The van der Waals surface area contributed by atoms with Gasteiger partial charge in [0.2, 0.25) is 0 Å². The Bertz CT molecular complexity index is 641. The topological polar surface area (TPSA) is 62.0 Å². The van der Waals surface area contributed by atoms with Crippen molar-refractivity contribution in [3.8, 4) is 0 Å². The average Bonchev–Trinajstić information content (AvgIpc) is 2.96. The summed E-state index contributed by atoms with van der Waals surface area (Å²) >= 11 is 0. The third-order valence-electron chi connectivity index (χ3n) is 3.53. The minimum atomic E-state index is -0.199. The number of aromatic amines is 1. The largest absolute Gasteiger partial charge is 0.356 e. The number of H-pyrrole nitrogens is 1. The molecule has 0 aliphatic heterocycles. The Kier molecular flexibility index (Phi) is 4.58. The van der Waals surface area contributed by atoms with Crippen LogP contribution in [0.5, 0.6) is 0 Å². The molecular formula is C17H20N2O2. The van der Waals surface area contributed by atoms with E-state index < -0.39 is 0 Å². The highest BCUT2D eigenvalue weighted by atomic mass is 16.2. The van der Waals surface area contributed by atoms with Gasteiger partial charge in [-0.15, -0.1) is 0 Å². The van der Waals surface area contributed by atoms with E-state index in [9.17, 15) is 9.59 Å². The number of ketones is 1. The first kappa shape index (κ1) is 15.0. The molecule has 0 spiro atoms. The Morgan fingerprint density at radius 1 is 1.24 bits per heavy atom. The van der Waals surface area contributed by atoms with E-state index in [1.807, 2.05) is 38.1 Å². The normalized spacial score (nSPS) is 12.0. The molecule has 4 heteroatoms. The number of carbonyl (C=O) groups excluding carboxylic acids is 2. The van der Waals surface area contributed by atoms with E-state index in [-0.39, 0.29) is 17.7 Å². The molecule has 110 valence electrons. The van der Waals surface area contributed by atoms with Crippen molar-refractivity contribution in [2.45, 2.75) is 33.2 Å². The van der Waals surface area contributed by atoms with Gasteiger partial charge in [-0.1, -0.05) is 36.8 Å². The number of carbonyl (C=O) groups is 2. The highest BCUT2D eigenvalue weighted by Gasteiger charge is 2.16. The first-order valence-corrected chi connectivity index (χ1v) is 7.08. The van der Waals surface area contributed by atoms with Gasteiger partial charge in [-0.25, -0.2) is 0 Å². The van der Waals surface area contributed by atoms with Crippen molar-refractivity contribution in [3.05, 3.63) is 58.9 Å². The first-order valence-electron chi connectivity index (χ1n) is 7.08. The summed E-state index contributed by atoms with van der Waals surface area (Å²) in [5, 5.41) is 2.99. The smallest absolute Gasteiger partial charge is 0.268 e. The van der Waals surface area contributed by atoms with Crippen LogP contribution >= 0.6 is 0 Å². The highest BCUT2D eigenvalue weighted by Crippen LogP contribution is 2.18. The molecule has 0 fully saturated rings. The molecule has 0 bridgehead atoms. The van der Waals surface area contributed by atoms with Gasteiger partial charge in [-0.3, -0.25) is 9.59 Å².